The van der Waals surface area contributed by atoms with E-state index in [9.17, 15) is 33.0 Å². The Morgan fingerprint density at radius 3 is 2.32 bits per heavy atom. The Morgan fingerprint density at radius 2 is 1.79 bits per heavy atom. The molecular formula is C19H18F3NO5. The third kappa shape index (κ3) is 5.46. The average molecular weight is 397 g/mol. The summed E-state index contributed by atoms with van der Waals surface area (Å²) in [6.07, 6.45) is -6.43. The molecule has 0 aromatic heterocycles. The van der Waals surface area contributed by atoms with E-state index < -0.39 is 35.8 Å². The third-order valence-corrected chi connectivity index (χ3v) is 3.99. The number of hydrogen-bond acceptors (Lipinski definition) is 4. The molecule has 0 radical (unpaired) electrons. The third-order valence-electron chi connectivity index (χ3n) is 3.99. The van der Waals surface area contributed by atoms with E-state index in [-0.39, 0.29) is 12.0 Å². The van der Waals surface area contributed by atoms with Crippen molar-refractivity contribution in [3.8, 4) is 5.75 Å². The van der Waals surface area contributed by atoms with Crippen molar-refractivity contribution in [3.05, 3.63) is 65.2 Å². The Hall–Kier alpha value is -3.07. The number of aliphatic hydroxyl groups is 1. The summed E-state index contributed by atoms with van der Waals surface area (Å²) in [5.41, 5.74) is -0.433. The summed E-state index contributed by atoms with van der Waals surface area (Å²) in [4.78, 5) is 23.6. The highest BCUT2D eigenvalue weighted by Crippen LogP contribution is 2.30. The molecule has 0 heterocycles. The van der Waals surface area contributed by atoms with Gasteiger partial charge in [-0.2, -0.15) is 13.2 Å². The van der Waals surface area contributed by atoms with Gasteiger partial charge in [0.2, 0.25) is 0 Å². The zero-order valence-electron chi connectivity index (χ0n) is 14.7. The number of nitrogens with one attached hydrogen (secondary N) is 1. The van der Waals surface area contributed by atoms with E-state index in [4.69, 9.17) is 4.74 Å². The van der Waals surface area contributed by atoms with Crippen molar-refractivity contribution in [2.75, 3.05) is 7.11 Å². The van der Waals surface area contributed by atoms with Crippen LogP contribution in [0.15, 0.2) is 48.5 Å². The minimum Gasteiger partial charge on any atom is -0.497 e. The van der Waals surface area contributed by atoms with Crippen LogP contribution in [0, 0.1) is 0 Å². The second-order valence-electron chi connectivity index (χ2n) is 5.98. The molecule has 0 bridgehead atoms. The molecular weight excluding hydrogens is 379 g/mol. The van der Waals surface area contributed by atoms with Crippen LogP contribution in [0.3, 0.4) is 0 Å². The number of carboxylic acid groups (broad SMARTS) is 1. The highest BCUT2D eigenvalue weighted by Gasteiger charge is 2.31. The molecule has 3 N–H and O–H groups in total. The number of halogens is 3. The fourth-order valence-corrected chi connectivity index (χ4v) is 2.49. The number of carboxylic acids is 1. The van der Waals surface area contributed by atoms with Crippen LogP contribution in [-0.4, -0.2) is 35.2 Å². The zero-order valence-corrected chi connectivity index (χ0v) is 14.7. The average Bonchev–Trinajstić information content (AvgIpc) is 2.66. The van der Waals surface area contributed by atoms with E-state index in [2.05, 4.69) is 5.32 Å². The lowest BCUT2D eigenvalue weighted by molar-refractivity contribution is -0.143. The predicted octanol–water partition coefficient (Wildman–Crippen LogP) is 2.56. The van der Waals surface area contributed by atoms with Crippen molar-refractivity contribution in [2.24, 2.45) is 0 Å². The van der Waals surface area contributed by atoms with Gasteiger partial charge in [-0.05, 0) is 35.4 Å². The molecule has 2 atom stereocenters. The van der Waals surface area contributed by atoms with Gasteiger partial charge in [0.15, 0.2) is 6.10 Å². The standard InChI is InChI=1S/C19H18F3NO5/c1-28-14-4-2-3-11(9-14)10-15(18(26)27)23-17(25)16(24)12-5-7-13(8-6-12)19(20,21)22/h2-9,15-16,24H,10H2,1H3,(H,23,25)(H,26,27)/t15-,16+/m1/s1. The lowest BCUT2D eigenvalue weighted by atomic mass is 10.0. The fourth-order valence-electron chi connectivity index (χ4n) is 2.49. The number of hydrogen-bond donors (Lipinski definition) is 3. The molecule has 28 heavy (non-hydrogen) atoms. The van der Waals surface area contributed by atoms with Gasteiger partial charge in [-0.3, -0.25) is 4.79 Å². The molecule has 6 nitrogen and oxygen atoms in total. The first-order valence-corrected chi connectivity index (χ1v) is 8.13. The Balaban J connectivity index is 2.09. The summed E-state index contributed by atoms with van der Waals surface area (Å²) in [5.74, 6) is -1.84. The van der Waals surface area contributed by atoms with E-state index in [1.807, 2.05) is 0 Å². The molecule has 1 amide bonds. The van der Waals surface area contributed by atoms with E-state index in [1.165, 1.54) is 7.11 Å². The van der Waals surface area contributed by atoms with Gasteiger partial charge in [0.25, 0.3) is 5.91 Å². The molecule has 0 spiro atoms. The molecule has 2 aromatic carbocycles. The van der Waals surface area contributed by atoms with Crippen LogP contribution >= 0.6 is 0 Å². The Morgan fingerprint density at radius 1 is 1.14 bits per heavy atom. The van der Waals surface area contributed by atoms with Gasteiger partial charge in [0.1, 0.15) is 11.8 Å². The summed E-state index contributed by atoms with van der Waals surface area (Å²) in [6, 6.07) is 8.64. The number of alkyl halides is 3. The van der Waals surface area contributed by atoms with Crippen LogP contribution < -0.4 is 10.1 Å². The van der Waals surface area contributed by atoms with Crippen molar-refractivity contribution in [3.63, 3.8) is 0 Å². The topological polar surface area (TPSA) is 95.9 Å². The molecule has 2 aromatic rings. The number of aliphatic hydroxyl groups excluding tert-OH is 1. The summed E-state index contributed by atoms with van der Waals surface area (Å²) < 4.78 is 42.8. The number of rotatable bonds is 7. The van der Waals surface area contributed by atoms with E-state index in [0.29, 0.717) is 11.3 Å². The van der Waals surface area contributed by atoms with Crippen molar-refractivity contribution < 1.29 is 37.7 Å². The summed E-state index contributed by atoms with van der Waals surface area (Å²) in [5, 5.41) is 21.6. The molecule has 0 aliphatic heterocycles. The summed E-state index contributed by atoms with van der Waals surface area (Å²) in [6.45, 7) is 0. The monoisotopic (exact) mass is 397 g/mol. The van der Waals surface area contributed by atoms with Gasteiger partial charge in [0, 0.05) is 6.42 Å². The number of aliphatic carboxylic acids is 1. The lowest BCUT2D eigenvalue weighted by Crippen LogP contribution is -2.44. The maximum absolute atomic E-state index is 12.6. The van der Waals surface area contributed by atoms with Crippen LogP contribution in [0.5, 0.6) is 5.75 Å². The summed E-state index contributed by atoms with van der Waals surface area (Å²) in [7, 11) is 1.45. The second kappa shape index (κ2) is 8.75. The van der Waals surface area contributed by atoms with Crippen molar-refractivity contribution >= 4 is 11.9 Å². The maximum Gasteiger partial charge on any atom is 0.416 e. The molecule has 0 fully saturated rings. The normalized spacial score (nSPS) is 13.5. The minimum absolute atomic E-state index is 0.0714. The fraction of sp³-hybridized carbons (Fsp3) is 0.263. The highest BCUT2D eigenvalue weighted by atomic mass is 19.4. The van der Waals surface area contributed by atoms with Crippen LogP contribution in [0.4, 0.5) is 13.2 Å². The quantitative estimate of drug-likeness (QED) is 0.668. The first kappa shape index (κ1) is 21.2. The van der Waals surface area contributed by atoms with E-state index in [1.54, 1.807) is 24.3 Å². The van der Waals surface area contributed by atoms with Crippen molar-refractivity contribution in [2.45, 2.75) is 24.7 Å². The van der Waals surface area contributed by atoms with Crippen molar-refractivity contribution in [1.82, 2.24) is 5.32 Å². The molecule has 9 heteroatoms. The van der Waals surface area contributed by atoms with Gasteiger partial charge < -0.3 is 20.3 Å². The SMILES string of the molecule is COc1cccc(C[C@@H](NC(=O)[C@@H](O)c2ccc(C(F)(F)F)cc2)C(=O)O)c1. The molecule has 0 aliphatic carbocycles. The number of methoxy groups -OCH3 is 1. The minimum atomic E-state index is -4.54. The molecule has 0 unspecified atom stereocenters. The Kier molecular flexibility index (Phi) is 6.63. The first-order valence-electron chi connectivity index (χ1n) is 8.13. The lowest BCUT2D eigenvalue weighted by Gasteiger charge is -2.18. The summed E-state index contributed by atoms with van der Waals surface area (Å²) >= 11 is 0. The van der Waals surface area contributed by atoms with Gasteiger partial charge in [0.05, 0.1) is 12.7 Å². The van der Waals surface area contributed by atoms with Gasteiger partial charge in [-0.15, -0.1) is 0 Å². The second-order valence-corrected chi connectivity index (χ2v) is 5.98. The Bertz CT molecular complexity index is 836. The van der Waals surface area contributed by atoms with Crippen LogP contribution in [-0.2, 0) is 22.2 Å². The van der Waals surface area contributed by atoms with Gasteiger partial charge in [-0.25, -0.2) is 4.79 Å². The Labute approximate surface area is 158 Å². The van der Waals surface area contributed by atoms with Gasteiger partial charge in [-0.1, -0.05) is 24.3 Å². The van der Waals surface area contributed by atoms with Crippen LogP contribution in [0.25, 0.3) is 0 Å². The molecule has 0 aliphatic rings. The number of ether oxygens (including phenoxy) is 1. The highest BCUT2D eigenvalue weighted by molar-refractivity contribution is 5.87. The van der Waals surface area contributed by atoms with Crippen LogP contribution in [0.1, 0.15) is 22.8 Å². The van der Waals surface area contributed by atoms with Crippen LogP contribution in [0.2, 0.25) is 0 Å². The molecule has 0 saturated carbocycles. The number of benzene rings is 2. The predicted molar refractivity (Wildman–Crippen MR) is 92.7 cm³/mol. The smallest absolute Gasteiger partial charge is 0.416 e. The van der Waals surface area contributed by atoms with E-state index in [0.717, 1.165) is 24.3 Å². The van der Waals surface area contributed by atoms with Gasteiger partial charge >= 0.3 is 12.1 Å². The molecule has 150 valence electrons. The maximum atomic E-state index is 12.6. The zero-order chi connectivity index (χ0) is 20.9. The largest absolute Gasteiger partial charge is 0.497 e. The number of amides is 1. The van der Waals surface area contributed by atoms with Crippen molar-refractivity contribution in [1.29, 1.82) is 0 Å². The number of carbonyl (C=O) groups excluding carboxylic acids is 1. The molecule has 0 saturated heterocycles. The molecule has 2 rings (SSSR count). The van der Waals surface area contributed by atoms with E-state index >= 15 is 0 Å². The number of carbonyl (C=O) groups is 2. The first-order chi connectivity index (χ1) is 13.1.